The van der Waals surface area contributed by atoms with Crippen molar-refractivity contribution in [1.29, 1.82) is 0 Å². The molecule has 0 unspecified atom stereocenters. The Labute approximate surface area is 149 Å². The molecular formula is C16H17F2N3O4S. The molecule has 1 aliphatic rings. The highest BCUT2D eigenvalue weighted by molar-refractivity contribution is 7.89. The number of rotatable bonds is 5. The van der Waals surface area contributed by atoms with Crippen LogP contribution >= 0.6 is 0 Å². The predicted molar refractivity (Wildman–Crippen MR) is 87.4 cm³/mol. The highest BCUT2D eigenvalue weighted by atomic mass is 32.2. The Hall–Kier alpha value is -2.33. The molecule has 7 nitrogen and oxygen atoms in total. The largest absolute Gasteiger partial charge is 0.474 e. The molecule has 0 aliphatic carbocycles. The second-order valence-electron chi connectivity index (χ2n) is 5.65. The summed E-state index contributed by atoms with van der Waals surface area (Å²) in [6.45, 7) is 0.173. The molecule has 3 rings (SSSR count). The molecular weight excluding hydrogens is 368 g/mol. The van der Waals surface area contributed by atoms with Crippen molar-refractivity contribution in [3.05, 3.63) is 42.1 Å². The molecule has 1 aromatic heterocycles. The molecule has 0 amide bonds. The lowest BCUT2D eigenvalue weighted by atomic mass is 10.1. The number of methoxy groups -OCH3 is 1. The highest BCUT2D eigenvalue weighted by Gasteiger charge is 2.34. The van der Waals surface area contributed by atoms with Gasteiger partial charge >= 0.3 is 6.01 Å². The number of halogens is 2. The van der Waals surface area contributed by atoms with Crippen LogP contribution in [0.2, 0.25) is 0 Å². The number of ether oxygens (including phenoxy) is 2. The summed E-state index contributed by atoms with van der Waals surface area (Å²) in [5.74, 6) is -1.88. The summed E-state index contributed by atoms with van der Waals surface area (Å²) in [6, 6.07) is 4.71. The zero-order chi connectivity index (χ0) is 18.7. The van der Waals surface area contributed by atoms with Crippen molar-refractivity contribution >= 4 is 10.0 Å². The molecule has 0 atom stereocenters. The van der Waals surface area contributed by atoms with Crippen LogP contribution in [0, 0.1) is 11.6 Å². The summed E-state index contributed by atoms with van der Waals surface area (Å²) in [5.41, 5.74) is 0. The van der Waals surface area contributed by atoms with Crippen LogP contribution in [-0.2, 0) is 10.0 Å². The van der Waals surface area contributed by atoms with Crippen LogP contribution in [0.3, 0.4) is 0 Å². The fraction of sp³-hybridized carbons (Fsp3) is 0.375. The molecule has 2 heterocycles. The molecule has 140 valence electrons. The van der Waals surface area contributed by atoms with Gasteiger partial charge in [-0.15, -0.1) is 0 Å². The molecule has 1 saturated heterocycles. The number of sulfonamides is 1. The van der Waals surface area contributed by atoms with Gasteiger partial charge in [0.2, 0.25) is 15.9 Å². The van der Waals surface area contributed by atoms with Crippen molar-refractivity contribution in [2.24, 2.45) is 0 Å². The Kier molecular flexibility index (Phi) is 5.33. The molecule has 0 radical (unpaired) electrons. The van der Waals surface area contributed by atoms with E-state index in [1.165, 1.54) is 13.3 Å². The van der Waals surface area contributed by atoms with Gasteiger partial charge in [-0.05, 0) is 25.0 Å². The first kappa shape index (κ1) is 18.5. The quantitative estimate of drug-likeness (QED) is 0.783. The fourth-order valence-electron chi connectivity index (χ4n) is 2.71. The van der Waals surface area contributed by atoms with E-state index in [0.717, 1.165) is 22.5 Å². The fourth-order valence-corrected chi connectivity index (χ4v) is 4.29. The van der Waals surface area contributed by atoms with Crippen molar-refractivity contribution in [3.8, 4) is 11.9 Å². The molecule has 10 heteroatoms. The van der Waals surface area contributed by atoms with Crippen LogP contribution < -0.4 is 9.47 Å². The van der Waals surface area contributed by atoms with E-state index in [0.29, 0.717) is 18.7 Å². The summed E-state index contributed by atoms with van der Waals surface area (Å²) in [7, 11) is -2.81. The number of aromatic nitrogens is 2. The third kappa shape index (κ3) is 3.75. The highest BCUT2D eigenvalue weighted by Crippen LogP contribution is 2.26. The lowest BCUT2D eigenvalue weighted by molar-refractivity contribution is 0.128. The van der Waals surface area contributed by atoms with Crippen LogP contribution in [0.25, 0.3) is 0 Å². The topological polar surface area (TPSA) is 81.6 Å². The van der Waals surface area contributed by atoms with E-state index in [4.69, 9.17) is 9.47 Å². The molecule has 0 saturated carbocycles. The lowest BCUT2D eigenvalue weighted by Gasteiger charge is -2.31. The smallest absolute Gasteiger partial charge is 0.319 e. The van der Waals surface area contributed by atoms with E-state index in [2.05, 4.69) is 9.97 Å². The molecule has 0 spiro atoms. The van der Waals surface area contributed by atoms with E-state index in [9.17, 15) is 17.2 Å². The van der Waals surface area contributed by atoms with Crippen molar-refractivity contribution < 1.29 is 26.7 Å². The van der Waals surface area contributed by atoms with Crippen LogP contribution in [0.15, 0.2) is 35.4 Å². The van der Waals surface area contributed by atoms with Gasteiger partial charge in [-0.1, -0.05) is 6.07 Å². The average Bonchev–Trinajstić information content (AvgIpc) is 2.62. The Morgan fingerprint density at radius 1 is 1.15 bits per heavy atom. The van der Waals surface area contributed by atoms with E-state index in [1.807, 2.05) is 0 Å². The zero-order valence-corrected chi connectivity index (χ0v) is 14.7. The standard InChI is InChI=1S/C16H17F2N3O4S/c1-24-16-19-8-5-14(20-16)25-11-6-9-21(10-7-11)26(22,23)15-12(17)3-2-4-13(15)18/h2-5,8,11H,6-7,9-10H2,1H3. The summed E-state index contributed by atoms with van der Waals surface area (Å²) in [6.07, 6.45) is 1.94. The van der Waals surface area contributed by atoms with Gasteiger partial charge in [0.15, 0.2) is 4.90 Å². The van der Waals surface area contributed by atoms with Crippen molar-refractivity contribution in [2.45, 2.75) is 23.8 Å². The van der Waals surface area contributed by atoms with Gasteiger partial charge in [0.25, 0.3) is 0 Å². The summed E-state index contributed by atoms with van der Waals surface area (Å²) >= 11 is 0. The first-order valence-electron chi connectivity index (χ1n) is 7.89. The van der Waals surface area contributed by atoms with Gasteiger partial charge < -0.3 is 9.47 Å². The minimum absolute atomic E-state index is 0.0863. The second-order valence-corrected chi connectivity index (χ2v) is 7.53. The Balaban J connectivity index is 1.68. The van der Waals surface area contributed by atoms with Crippen molar-refractivity contribution in [2.75, 3.05) is 20.2 Å². The third-order valence-electron chi connectivity index (χ3n) is 4.00. The Morgan fingerprint density at radius 2 is 1.81 bits per heavy atom. The van der Waals surface area contributed by atoms with E-state index in [1.54, 1.807) is 6.07 Å². The number of hydrogen-bond donors (Lipinski definition) is 0. The summed E-state index contributed by atoms with van der Waals surface area (Å²) in [5, 5.41) is 0. The molecule has 1 fully saturated rings. The molecule has 1 aliphatic heterocycles. The Morgan fingerprint density at radius 3 is 2.42 bits per heavy atom. The zero-order valence-electron chi connectivity index (χ0n) is 13.9. The first-order chi connectivity index (χ1) is 12.4. The van der Waals surface area contributed by atoms with Gasteiger partial charge in [0.1, 0.15) is 17.7 Å². The second kappa shape index (κ2) is 7.50. The molecule has 26 heavy (non-hydrogen) atoms. The molecule has 0 bridgehead atoms. The first-order valence-corrected chi connectivity index (χ1v) is 9.33. The number of hydrogen-bond acceptors (Lipinski definition) is 6. The van der Waals surface area contributed by atoms with E-state index >= 15 is 0 Å². The van der Waals surface area contributed by atoms with Crippen LogP contribution in [0.1, 0.15) is 12.8 Å². The lowest BCUT2D eigenvalue weighted by Crippen LogP contribution is -2.42. The molecule has 0 N–H and O–H groups in total. The van der Waals surface area contributed by atoms with E-state index < -0.39 is 26.6 Å². The summed E-state index contributed by atoms with van der Waals surface area (Å²) in [4.78, 5) is 6.99. The van der Waals surface area contributed by atoms with Gasteiger partial charge in [0.05, 0.1) is 7.11 Å². The monoisotopic (exact) mass is 385 g/mol. The van der Waals surface area contributed by atoms with Gasteiger partial charge in [-0.3, -0.25) is 0 Å². The van der Waals surface area contributed by atoms with Gasteiger partial charge in [0, 0.05) is 25.4 Å². The normalized spacial score (nSPS) is 16.4. The average molecular weight is 385 g/mol. The van der Waals surface area contributed by atoms with Crippen molar-refractivity contribution in [1.82, 2.24) is 14.3 Å². The van der Waals surface area contributed by atoms with Gasteiger partial charge in [-0.25, -0.2) is 22.2 Å². The molecule has 2 aromatic rings. The minimum Gasteiger partial charge on any atom is -0.474 e. The maximum absolute atomic E-state index is 13.8. The van der Waals surface area contributed by atoms with Gasteiger partial charge in [-0.2, -0.15) is 9.29 Å². The van der Waals surface area contributed by atoms with Crippen molar-refractivity contribution in [3.63, 3.8) is 0 Å². The van der Waals surface area contributed by atoms with E-state index in [-0.39, 0.29) is 25.2 Å². The SMILES string of the molecule is COc1nccc(OC2CCN(S(=O)(=O)c3c(F)cccc3F)CC2)n1. The third-order valence-corrected chi connectivity index (χ3v) is 5.95. The van der Waals surface area contributed by atoms with Crippen LogP contribution in [0.4, 0.5) is 8.78 Å². The maximum atomic E-state index is 13.8. The minimum atomic E-state index is -4.25. The molecule has 1 aromatic carbocycles. The number of piperidine rings is 1. The number of benzene rings is 1. The Bertz CT molecular complexity index is 867. The van der Waals surface area contributed by atoms with Crippen LogP contribution in [0.5, 0.6) is 11.9 Å². The van der Waals surface area contributed by atoms with Crippen LogP contribution in [-0.4, -0.2) is 49.0 Å². The predicted octanol–water partition coefficient (Wildman–Crippen LogP) is 2.00. The summed E-state index contributed by atoms with van der Waals surface area (Å²) < 4.78 is 64.5. The maximum Gasteiger partial charge on any atom is 0.319 e. The number of nitrogens with zero attached hydrogens (tertiary/aromatic N) is 3.